The van der Waals surface area contributed by atoms with Crippen molar-refractivity contribution in [3.8, 4) is 11.6 Å². The average molecular weight is 364 g/mol. The Morgan fingerprint density at radius 2 is 2.11 bits per heavy atom. The maximum Gasteiger partial charge on any atom is 0.270 e. The van der Waals surface area contributed by atoms with Crippen LogP contribution in [-0.4, -0.2) is 19.9 Å². The second-order valence-corrected chi connectivity index (χ2v) is 7.41. The predicted octanol–water partition coefficient (Wildman–Crippen LogP) is 4.26. The Balaban J connectivity index is 1.39. The highest BCUT2D eigenvalue weighted by Gasteiger charge is 2.31. The van der Waals surface area contributed by atoms with Crippen LogP contribution >= 0.6 is 0 Å². The number of benzene rings is 1. The first-order chi connectivity index (χ1) is 13.2. The highest BCUT2D eigenvalue weighted by Crippen LogP contribution is 2.41. The van der Waals surface area contributed by atoms with E-state index in [9.17, 15) is 4.79 Å². The van der Waals surface area contributed by atoms with Crippen LogP contribution in [0.5, 0.6) is 11.6 Å². The van der Waals surface area contributed by atoms with E-state index in [1.54, 1.807) is 18.5 Å². The quantitative estimate of drug-likeness (QED) is 0.604. The lowest BCUT2D eigenvalue weighted by Gasteiger charge is -2.06. The van der Waals surface area contributed by atoms with Gasteiger partial charge >= 0.3 is 0 Å². The van der Waals surface area contributed by atoms with Crippen LogP contribution in [0.3, 0.4) is 0 Å². The Morgan fingerprint density at radius 1 is 1.22 bits per heavy atom. The van der Waals surface area contributed by atoms with E-state index in [1.807, 2.05) is 12.1 Å². The van der Waals surface area contributed by atoms with Crippen molar-refractivity contribution in [1.29, 1.82) is 0 Å². The molecule has 2 aromatic heterocycles. The van der Waals surface area contributed by atoms with Crippen molar-refractivity contribution in [1.82, 2.24) is 19.9 Å². The van der Waals surface area contributed by atoms with Gasteiger partial charge in [0.25, 0.3) is 5.56 Å². The monoisotopic (exact) mass is 364 g/mol. The largest absolute Gasteiger partial charge is 0.437 e. The molecule has 2 heterocycles. The first-order valence-corrected chi connectivity index (χ1v) is 9.66. The smallest absolute Gasteiger partial charge is 0.270 e. The number of hydrogen-bond donors (Lipinski definition) is 1. The van der Waals surface area contributed by atoms with E-state index in [-0.39, 0.29) is 5.56 Å². The van der Waals surface area contributed by atoms with E-state index in [0.29, 0.717) is 22.8 Å². The van der Waals surface area contributed by atoms with Crippen molar-refractivity contribution in [3.63, 3.8) is 0 Å². The Hall–Kier alpha value is -2.76. The number of aryl methyl sites for hydroxylation is 1. The third-order valence-electron chi connectivity index (χ3n) is 5.26. The first kappa shape index (κ1) is 17.6. The maximum absolute atomic E-state index is 12.3. The number of aromatic amines is 1. The lowest BCUT2D eigenvalue weighted by Crippen LogP contribution is -2.15. The molecule has 140 valence electrons. The summed E-state index contributed by atoms with van der Waals surface area (Å²) in [6, 6.07) is 5.44. The third kappa shape index (κ3) is 4.51. The van der Waals surface area contributed by atoms with Gasteiger partial charge in [-0.05, 0) is 43.2 Å². The van der Waals surface area contributed by atoms with Crippen molar-refractivity contribution < 1.29 is 4.74 Å². The fraction of sp³-hybridized carbons (Fsp3) is 0.429. The summed E-state index contributed by atoms with van der Waals surface area (Å²) in [7, 11) is 0. The van der Waals surface area contributed by atoms with Gasteiger partial charge in [-0.1, -0.05) is 26.2 Å². The molecule has 1 N–H and O–H groups in total. The lowest BCUT2D eigenvalue weighted by molar-refractivity contribution is 0.460. The predicted molar refractivity (Wildman–Crippen MR) is 104 cm³/mol. The third-order valence-corrected chi connectivity index (χ3v) is 5.26. The molecule has 2 atom stereocenters. The van der Waals surface area contributed by atoms with Crippen molar-refractivity contribution in [3.05, 3.63) is 52.8 Å². The molecule has 3 aromatic rings. The zero-order valence-corrected chi connectivity index (χ0v) is 15.5. The maximum atomic E-state index is 12.3. The number of unbranched alkanes of at least 4 members (excludes halogenated alkanes) is 2. The Labute approximate surface area is 158 Å². The molecule has 0 radical (unpaired) electrons. The fourth-order valence-corrected chi connectivity index (χ4v) is 3.47. The van der Waals surface area contributed by atoms with Crippen LogP contribution in [0.1, 0.15) is 44.7 Å². The number of aromatic nitrogens is 4. The molecular formula is C21H24N4O2. The van der Waals surface area contributed by atoms with Crippen molar-refractivity contribution in [2.75, 3.05) is 0 Å². The summed E-state index contributed by atoms with van der Waals surface area (Å²) in [4.78, 5) is 27.9. The summed E-state index contributed by atoms with van der Waals surface area (Å²) >= 11 is 0. The molecule has 6 nitrogen and oxygen atoms in total. The van der Waals surface area contributed by atoms with E-state index >= 15 is 0 Å². The van der Waals surface area contributed by atoms with Gasteiger partial charge in [0.1, 0.15) is 11.4 Å². The average Bonchev–Trinajstić information content (AvgIpc) is 3.38. The summed E-state index contributed by atoms with van der Waals surface area (Å²) in [5, 5.41) is 0. The minimum absolute atomic E-state index is 0.116. The van der Waals surface area contributed by atoms with Crippen LogP contribution in [0.25, 0.3) is 11.0 Å². The number of rotatable bonds is 8. The van der Waals surface area contributed by atoms with Crippen LogP contribution in [0.4, 0.5) is 0 Å². The van der Waals surface area contributed by atoms with Gasteiger partial charge in [0.2, 0.25) is 5.88 Å². The topological polar surface area (TPSA) is 80.8 Å². The van der Waals surface area contributed by atoms with Crippen molar-refractivity contribution in [2.45, 2.75) is 45.4 Å². The van der Waals surface area contributed by atoms with Gasteiger partial charge < -0.3 is 9.72 Å². The molecule has 27 heavy (non-hydrogen) atoms. The second kappa shape index (κ2) is 7.86. The van der Waals surface area contributed by atoms with Gasteiger partial charge in [0.15, 0.2) is 0 Å². The minimum Gasteiger partial charge on any atom is -0.437 e. The summed E-state index contributed by atoms with van der Waals surface area (Å²) in [5.41, 5.74) is 1.93. The number of hydrogen-bond acceptors (Lipinski definition) is 5. The number of nitrogens with one attached hydrogen (secondary N) is 1. The van der Waals surface area contributed by atoms with Gasteiger partial charge in [0, 0.05) is 18.5 Å². The van der Waals surface area contributed by atoms with Crippen molar-refractivity contribution >= 4 is 11.0 Å². The molecule has 0 saturated heterocycles. The molecule has 1 aliphatic carbocycles. The SMILES string of the molecule is CC1CC1CCCCCc1nc2ccc(Oc3cnccn3)cc2[nH]c1=O. The van der Waals surface area contributed by atoms with Gasteiger partial charge in [-0.3, -0.25) is 9.78 Å². The molecule has 1 saturated carbocycles. The van der Waals surface area contributed by atoms with E-state index in [2.05, 4.69) is 26.9 Å². The molecule has 1 aliphatic rings. The van der Waals surface area contributed by atoms with Crippen molar-refractivity contribution in [2.24, 2.45) is 11.8 Å². The molecule has 1 fully saturated rings. The Bertz CT molecular complexity index is 971. The first-order valence-electron chi connectivity index (χ1n) is 9.66. The van der Waals surface area contributed by atoms with E-state index in [4.69, 9.17) is 4.74 Å². The number of ether oxygens (including phenoxy) is 1. The second-order valence-electron chi connectivity index (χ2n) is 7.41. The van der Waals surface area contributed by atoms with Crippen LogP contribution in [0.2, 0.25) is 0 Å². The molecule has 1 aromatic carbocycles. The van der Waals surface area contributed by atoms with E-state index in [1.165, 1.54) is 25.5 Å². The molecule has 0 bridgehead atoms. The van der Waals surface area contributed by atoms with Crippen LogP contribution in [0, 0.1) is 11.8 Å². The molecule has 0 aliphatic heterocycles. The molecule has 0 spiro atoms. The van der Waals surface area contributed by atoms with E-state index in [0.717, 1.165) is 36.6 Å². The number of fused-ring (bicyclic) bond motifs is 1. The summed E-state index contributed by atoms with van der Waals surface area (Å²) < 4.78 is 5.66. The highest BCUT2D eigenvalue weighted by atomic mass is 16.5. The summed E-state index contributed by atoms with van der Waals surface area (Å²) in [6.45, 7) is 2.33. The molecule has 2 unspecified atom stereocenters. The molecule has 4 rings (SSSR count). The Kier molecular flexibility index (Phi) is 5.14. The molecular weight excluding hydrogens is 340 g/mol. The van der Waals surface area contributed by atoms with Gasteiger partial charge in [-0.15, -0.1) is 0 Å². The molecule has 6 heteroatoms. The van der Waals surface area contributed by atoms with Gasteiger partial charge in [-0.2, -0.15) is 0 Å². The normalized spacial score (nSPS) is 18.6. The minimum atomic E-state index is -0.116. The number of nitrogens with zero attached hydrogens (tertiary/aromatic N) is 3. The van der Waals surface area contributed by atoms with Gasteiger partial charge in [0.05, 0.1) is 17.2 Å². The molecule has 0 amide bonds. The lowest BCUT2D eigenvalue weighted by atomic mass is 10.1. The standard InChI is InChI=1S/C21H24N4O2/c1-14-11-15(14)5-3-2-4-6-18-21(26)25-19-12-16(7-8-17(19)24-18)27-20-13-22-9-10-23-20/h7-10,12-15H,2-6,11H2,1H3,(H,25,26). The zero-order chi connectivity index (χ0) is 18.6. The van der Waals surface area contributed by atoms with Gasteiger partial charge in [-0.25, -0.2) is 9.97 Å². The summed E-state index contributed by atoms with van der Waals surface area (Å²) in [5.74, 6) is 2.87. The Morgan fingerprint density at radius 3 is 2.89 bits per heavy atom. The summed E-state index contributed by atoms with van der Waals surface area (Å²) in [6.07, 6.45) is 11.6. The fourth-order valence-electron chi connectivity index (χ4n) is 3.47. The van der Waals surface area contributed by atoms with E-state index < -0.39 is 0 Å². The zero-order valence-electron chi connectivity index (χ0n) is 15.5. The highest BCUT2D eigenvalue weighted by molar-refractivity contribution is 5.75. The van der Waals surface area contributed by atoms with Crippen LogP contribution < -0.4 is 10.3 Å². The number of H-pyrrole nitrogens is 1. The van der Waals surface area contributed by atoms with Crippen LogP contribution in [-0.2, 0) is 6.42 Å². The van der Waals surface area contributed by atoms with Crippen LogP contribution in [0.15, 0.2) is 41.6 Å².